The van der Waals surface area contributed by atoms with Crippen molar-refractivity contribution >= 4 is 15.9 Å². The summed E-state index contributed by atoms with van der Waals surface area (Å²) in [6.07, 6.45) is 3.38. The Hall–Kier alpha value is -3.76. The molecule has 0 unspecified atom stereocenters. The molecule has 9 nitrogen and oxygen atoms in total. The Morgan fingerprint density at radius 2 is 1.44 bits per heavy atom. The molecule has 5 rings (SSSR count). The predicted molar refractivity (Wildman–Crippen MR) is 155 cm³/mol. The number of sulfonamides is 1. The van der Waals surface area contributed by atoms with Crippen molar-refractivity contribution in [1.29, 1.82) is 0 Å². The van der Waals surface area contributed by atoms with Crippen LogP contribution in [0.1, 0.15) is 46.8 Å². The highest BCUT2D eigenvalue weighted by molar-refractivity contribution is 7.89. The molecule has 0 spiro atoms. The van der Waals surface area contributed by atoms with Crippen LogP contribution in [-0.4, -0.2) is 71.1 Å². The lowest BCUT2D eigenvalue weighted by Gasteiger charge is -2.37. The van der Waals surface area contributed by atoms with Gasteiger partial charge >= 0.3 is 0 Å². The van der Waals surface area contributed by atoms with Crippen LogP contribution in [0, 0.1) is 0 Å². The predicted octanol–water partition coefficient (Wildman–Crippen LogP) is 4.71. The van der Waals surface area contributed by atoms with Crippen LogP contribution in [0.3, 0.4) is 0 Å². The number of nitrogens with zero attached hydrogens (tertiary/aromatic N) is 2. The van der Waals surface area contributed by atoms with Gasteiger partial charge in [-0.05, 0) is 78.9 Å². The fourth-order valence-electron chi connectivity index (χ4n) is 5.55. The maximum atomic E-state index is 13.9. The third-order valence-corrected chi connectivity index (χ3v) is 9.70. The lowest BCUT2D eigenvalue weighted by molar-refractivity contribution is 0.0587. The van der Waals surface area contributed by atoms with Crippen molar-refractivity contribution in [2.24, 2.45) is 0 Å². The van der Waals surface area contributed by atoms with Gasteiger partial charge < -0.3 is 23.8 Å². The van der Waals surface area contributed by atoms with Gasteiger partial charge in [0.1, 0.15) is 6.61 Å². The highest BCUT2D eigenvalue weighted by Crippen LogP contribution is 2.39. The number of benzene rings is 3. The lowest BCUT2D eigenvalue weighted by atomic mass is 9.91. The van der Waals surface area contributed by atoms with Crippen molar-refractivity contribution in [2.75, 3.05) is 47.6 Å². The van der Waals surface area contributed by atoms with Gasteiger partial charge in [-0.1, -0.05) is 18.6 Å². The summed E-state index contributed by atoms with van der Waals surface area (Å²) in [6.45, 7) is 1.68. The number of amides is 1. The fraction of sp³-hybridized carbons (Fsp3) is 0.387. The normalized spacial score (nSPS) is 17.4. The van der Waals surface area contributed by atoms with E-state index in [2.05, 4.69) is 0 Å². The molecule has 0 aromatic heterocycles. The average molecular weight is 581 g/mol. The van der Waals surface area contributed by atoms with Crippen molar-refractivity contribution in [3.05, 3.63) is 77.4 Å². The van der Waals surface area contributed by atoms with Gasteiger partial charge in [0.2, 0.25) is 10.0 Å². The van der Waals surface area contributed by atoms with Gasteiger partial charge in [-0.25, -0.2) is 8.42 Å². The zero-order valence-electron chi connectivity index (χ0n) is 23.7. The SMILES string of the molecule is COc1cc2c(cc1OC)[C@H](COc1ccccc1OC)N(C(=O)c1ccc(S(=O)(=O)N3CCCCC3)cc1)CC2. The second kappa shape index (κ2) is 12.4. The maximum absolute atomic E-state index is 13.9. The summed E-state index contributed by atoms with van der Waals surface area (Å²) in [5.41, 5.74) is 2.36. The second-order valence-corrected chi connectivity index (χ2v) is 12.1. The molecular weight excluding hydrogens is 544 g/mol. The largest absolute Gasteiger partial charge is 0.493 e. The number of carbonyl (C=O) groups excluding carboxylic acids is 1. The topological polar surface area (TPSA) is 94.6 Å². The minimum absolute atomic E-state index is 0.177. The second-order valence-electron chi connectivity index (χ2n) is 10.1. The van der Waals surface area contributed by atoms with Crippen LogP contribution in [0.25, 0.3) is 0 Å². The summed E-state index contributed by atoms with van der Waals surface area (Å²) in [4.78, 5) is 15.9. The monoisotopic (exact) mass is 580 g/mol. The summed E-state index contributed by atoms with van der Waals surface area (Å²) < 4.78 is 50.6. The molecule has 1 amide bonds. The van der Waals surface area contributed by atoms with Crippen molar-refractivity contribution in [3.8, 4) is 23.0 Å². The number of ether oxygens (including phenoxy) is 4. The first kappa shape index (κ1) is 28.8. The van der Waals surface area contributed by atoms with Gasteiger partial charge in [0.05, 0.1) is 32.3 Å². The standard InChI is InChI=1S/C31H36N2O7S/c1-37-27-9-5-6-10-28(27)40-21-26-25-20-30(39-3)29(38-2)19-23(25)15-18-33(26)31(34)22-11-13-24(14-12-22)41(35,36)32-16-7-4-8-17-32/h5-6,9-14,19-20,26H,4,7-8,15-18,21H2,1-3H3/t26-/m0/s1. The maximum Gasteiger partial charge on any atom is 0.254 e. The molecule has 10 heteroatoms. The number of rotatable bonds is 9. The molecule has 2 aliphatic heterocycles. The zero-order valence-corrected chi connectivity index (χ0v) is 24.5. The van der Waals surface area contributed by atoms with Crippen LogP contribution < -0.4 is 18.9 Å². The van der Waals surface area contributed by atoms with Gasteiger partial charge in [0, 0.05) is 25.2 Å². The van der Waals surface area contributed by atoms with E-state index in [0.29, 0.717) is 54.6 Å². The number of piperidine rings is 1. The number of hydrogen-bond donors (Lipinski definition) is 0. The smallest absolute Gasteiger partial charge is 0.254 e. The molecule has 0 N–H and O–H groups in total. The molecule has 1 fully saturated rings. The Kier molecular flexibility index (Phi) is 8.70. The van der Waals surface area contributed by atoms with Gasteiger partial charge in [0.15, 0.2) is 23.0 Å². The lowest BCUT2D eigenvalue weighted by Crippen LogP contribution is -2.42. The van der Waals surface area contributed by atoms with Crippen LogP contribution in [0.5, 0.6) is 23.0 Å². The summed E-state index contributed by atoms with van der Waals surface area (Å²) in [7, 11) is 1.17. The van der Waals surface area contributed by atoms with Gasteiger partial charge in [-0.2, -0.15) is 4.31 Å². The van der Waals surface area contributed by atoms with Crippen LogP contribution >= 0.6 is 0 Å². The van der Waals surface area contributed by atoms with Crippen LogP contribution in [0.4, 0.5) is 0 Å². The Morgan fingerprint density at radius 3 is 2.10 bits per heavy atom. The minimum atomic E-state index is -3.59. The van der Waals surface area contributed by atoms with E-state index >= 15 is 0 Å². The molecule has 41 heavy (non-hydrogen) atoms. The van der Waals surface area contributed by atoms with E-state index < -0.39 is 16.1 Å². The quantitative estimate of drug-likeness (QED) is 0.362. The third kappa shape index (κ3) is 5.85. The Bertz CT molecular complexity index is 1480. The average Bonchev–Trinajstić information content (AvgIpc) is 3.03. The van der Waals surface area contributed by atoms with Gasteiger partial charge in [-0.3, -0.25) is 4.79 Å². The first-order valence-electron chi connectivity index (χ1n) is 13.8. The molecule has 2 heterocycles. The summed E-state index contributed by atoms with van der Waals surface area (Å²) in [5.74, 6) is 2.15. The Morgan fingerprint density at radius 1 is 0.805 bits per heavy atom. The van der Waals surface area contributed by atoms with Crippen molar-refractivity contribution < 1.29 is 32.2 Å². The van der Waals surface area contributed by atoms with Crippen LogP contribution in [0.2, 0.25) is 0 Å². The Balaban J connectivity index is 1.45. The summed E-state index contributed by atoms with van der Waals surface area (Å²) in [6, 6.07) is 17.0. The van der Waals surface area contributed by atoms with E-state index in [1.54, 1.807) is 38.4 Å². The molecule has 3 aromatic carbocycles. The van der Waals surface area contributed by atoms with E-state index in [0.717, 1.165) is 30.4 Å². The van der Waals surface area contributed by atoms with Crippen molar-refractivity contribution in [3.63, 3.8) is 0 Å². The van der Waals surface area contributed by atoms with Crippen LogP contribution in [-0.2, 0) is 16.4 Å². The molecule has 0 aliphatic carbocycles. The first-order valence-corrected chi connectivity index (χ1v) is 15.2. The van der Waals surface area contributed by atoms with E-state index in [9.17, 15) is 13.2 Å². The number of hydrogen-bond acceptors (Lipinski definition) is 7. The van der Waals surface area contributed by atoms with E-state index in [-0.39, 0.29) is 17.4 Å². The summed E-state index contributed by atoms with van der Waals surface area (Å²) in [5, 5.41) is 0. The highest BCUT2D eigenvalue weighted by atomic mass is 32.2. The first-order chi connectivity index (χ1) is 19.9. The van der Waals surface area contributed by atoms with E-state index in [1.165, 1.54) is 16.4 Å². The molecule has 0 radical (unpaired) electrons. The fourth-order valence-corrected chi connectivity index (χ4v) is 7.06. The van der Waals surface area contributed by atoms with Gasteiger partial charge in [-0.15, -0.1) is 0 Å². The summed E-state index contributed by atoms with van der Waals surface area (Å²) >= 11 is 0. The number of carbonyl (C=O) groups is 1. The van der Waals surface area contributed by atoms with Gasteiger partial charge in [0.25, 0.3) is 5.91 Å². The molecule has 0 saturated carbocycles. The Labute approximate surface area is 241 Å². The number of para-hydroxylation sites is 2. The number of methoxy groups -OCH3 is 3. The third-order valence-electron chi connectivity index (χ3n) is 7.78. The zero-order chi connectivity index (χ0) is 29.0. The minimum Gasteiger partial charge on any atom is -0.493 e. The number of fused-ring (bicyclic) bond motifs is 1. The van der Waals surface area contributed by atoms with Crippen molar-refractivity contribution in [1.82, 2.24) is 9.21 Å². The molecule has 3 aromatic rings. The van der Waals surface area contributed by atoms with E-state index in [1.807, 2.05) is 36.4 Å². The molecular formula is C31H36N2O7S. The van der Waals surface area contributed by atoms with E-state index in [4.69, 9.17) is 18.9 Å². The molecule has 0 bridgehead atoms. The van der Waals surface area contributed by atoms with Crippen LogP contribution in [0.15, 0.2) is 65.6 Å². The highest BCUT2D eigenvalue weighted by Gasteiger charge is 2.34. The molecule has 218 valence electrons. The molecule has 1 atom stereocenters. The molecule has 1 saturated heterocycles. The van der Waals surface area contributed by atoms with Crippen molar-refractivity contribution in [2.45, 2.75) is 36.6 Å². The molecule has 2 aliphatic rings.